The molecule has 0 radical (unpaired) electrons. The van der Waals surface area contributed by atoms with E-state index in [4.69, 9.17) is 9.47 Å². The van der Waals surface area contributed by atoms with Gasteiger partial charge in [0.2, 0.25) is 0 Å². The molecule has 0 fully saturated rings. The van der Waals surface area contributed by atoms with Crippen molar-refractivity contribution >= 4 is 5.97 Å². The van der Waals surface area contributed by atoms with Gasteiger partial charge < -0.3 is 9.47 Å². The molecule has 1 aromatic carbocycles. The second-order valence-electron chi connectivity index (χ2n) is 6.51. The van der Waals surface area contributed by atoms with Crippen LogP contribution in [0.5, 0.6) is 0 Å². The maximum Gasteiger partial charge on any atom is 0.306 e. The topological polar surface area (TPSA) is 35.5 Å². The van der Waals surface area contributed by atoms with Gasteiger partial charge in [-0.25, -0.2) is 0 Å². The molecule has 1 atom stereocenters. The summed E-state index contributed by atoms with van der Waals surface area (Å²) >= 11 is 0. The lowest BCUT2D eigenvalue weighted by Crippen LogP contribution is -2.19. The SMILES string of the molecule is CCOC(=O)CC/C(C)=C/CCC(OCc1ccccc1)C(C)C. The molecule has 0 heterocycles. The number of allylic oxidation sites excluding steroid dienone is 2. The molecule has 0 aliphatic heterocycles. The maximum atomic E-state index is 11.4. The van der Waals surface area contributed by atoms with E-state index in [9.17, 15) is 4.79 Å². The molecular weight excluding hydrogens is 300 g/mol. The van der Waals surface area contributed by atoms with E-state index in [-0.39, 0.29) is 12.1 Å². The van der Waals surface area contributed by atoms with Crippen LogP contribution in [-0.2, 0) is 20.9 Å². The summed E-state index contributed by atoms with van der Waals surface area (Å²) < 4.78 is 11.1. The molecule has 0 aromatic heterocycles. The van der Waals surface area contributed by atoms with Gasteiger partial charge in [-0.1, -0.05) is 55.8 Å². The highest BCUT2D eigenvalue weighted by Gasteiger charge is 2.13. The van der Waals surface area contributed by atoms with E-state index in [2.05, 4.69) is 39.0 Å². The molecule has 24 heavy (non-hydrogen) atoms. The fourth-order valence-electron chi connectivity index (χ4n) is 2.52. The lowest BCUT2D eigenvalue weighted by molar-refractivity contribution is -0.143. The zero-order chi connectivity index (χ0) is 17.8. The summed E-state index contributed by atoms with van der Waals surface area (Å²) in [6.45, 7) is 9.43. The van der Waals surface area contributed by atoms with Crippen molar-refractivity contribution < 1.29 is 14.3 Å². The Morgan fingerprint density at radius 1 is 1.17 bits per heavy atom. The van der Waals surface area contributed by atoms with Crippen LogP contribution in [0.3, 0.4) is 0 Å². The van der Waals surface area contributed by atoms with Crippen LogP contribution in [0, 0.1) is 5.92 Å². The van der Waals surface area contributed by atoms with E-state index >= 15 is 0 Å². The van der Waals surface area contributed by atoms with Crippen LogP contribution in [0.25, 0.3) is 0 Å². The Kier molecular flexibility index (Phi) is 10.1. The first kappa shape index (κ1) is 20.4. The molecule has 3 nitrogen and oxygen atoms in total. The lowest BCUT2D eigenvalue weighted by Gasteiger charge is -2.21. The second-order valence-corrected chi connectivity index (χ2v) is 6.51. The normalized spacial score (nSPS) is 13.1. The fourth-order valence-corrected chi connectivity index (χ4v) is 2.52. The van der Waals surface area contributed by atoms with Crippen LogP contribution in [0.4, 0.5) is 0 Å². The Hall–Kier alpha value is -1.61. The zero-order valence-electron chi connectivity index (χ0n) is 15.6. The molecule has 0 saturated carbocycles. The van der Waals surface area contributed by atoms with Crippen molar-refractivity contribution in [3.8, 4) is 0 Å². The number of hydrogen-bond donors (Lipinski definition) is 0. The minimum absolute atomic E-state index is 0.114. The molecule has 1 aromatic rings. The monoisotopic (exact) mass is 332 g/mol. The predicted molar refractivity (Wildman–Crippen MR) is 98.7 cm³/mol. The van der Waals surface area contributed by atoms with E-state index in [1.54, 1.807) is 0 Å². The van der Waals surface area contributed by atoms with Crippen molar-refractivity contribution in [3.63, 3.8) is 0 Å². The van der Waals surface area contributed by atoms with Crippen molar-refractivity contribution in [2.24, 2.45) is 5.92 Å². The standard InChI is InChI=1S/C21H32O3/c1-5-23-21(22)15-14-18(4)10-9-13-20(17(2)3)24-16-19-11-7-6-8-12-19/h6-8,10-12,17,20H,5,9,13-16H2,1-4H3/b18-10+. The molecule has 1 rings (SSSR count). The second kappa shape index (κ2) is 11.9. The van der Waals surface area contributed by atoms with Crippen LogP contribution in [0.2, 0.25) is 0 Å². The number of hydrogen-bond acceptors (Lipinski definition) is 3. The first-order valence-electron chi connectivity index (χ1n) is 8.99. The minimum Gasteiger partial charge on any atom is -0.466 e. The molecular formula is C21H32O3. The average molecular weight is 332 g/mol. The fraction of sp³-hybridized carbons (Fsp3) is 0.571. The molecule has 0 aliphatic rings. The van der Waals surface area contributed by atoms with Crippen LogP contribution >= 0.6 is 0 Å². The highest BCUT2D eigenvalue weighted by Crippen LogP contribution is 2.17. The van der Waals surface area contributed by atoms with Crippen LogP contribution in [0.15, 0.2) is 42.0 Å². The first-order chi connectivity index (χ1) is 11.5. The van der Waals surface area contributed by atoms with Crippen molar-refractivity contribution in [3.05, 3.63) is 47.5 Å². The van der Waals surface area contributed by atoms with Crippen molar-refractivity contribution in [2.75, 3.05) is 6.61 Å². The quantitative estimate of drug-likeness (QED) is 0.407. The molecule has 1 unspecified atom stereocenters. The number of carbonyl (C=O) groups excluding carboxylic acids is 1. The third kappa shape index (κ3) is 8.88. The number of rotatable bonds is 11. The van der Waals surface area contributed by atoms with E-state index in [1.165, 1.54) is 11.1 Å². The lowest BCUT2D eigenvalue weighted by atomic mass is 10.0. The van der Waals surface area contributed by atoms with Crippen LogP contribution < -0.4 is 0 Å². The van der Waals surface area contributed by atoms with Crippen molar-refractivity contribution in [1.82, 2.24) is 0 Å². The van der Waals surface area contributed by atoms with Gasteiger partial charge in [0, 0.05) is 6.42 Å². The van der Waals surface area contributed by atoms with Gasteiger partial charge in [0.15, 0.2) is 0 Å². The average Bonchev–Trinajstić information content (AvgIpc) is 2.57. The summed E-state index contributed by atoms with van der Waals surface area (Å²) in [5.74, 6) is 0.374. The Morgan fingerprint density at radius 3 is 2.50 bits per heavy atom. The summed E-state index contributed by atoms with van der Waals surface area (Å²) in [7, 11) is 0. The molecule has 0 N–H and O–H groups in total. The van der Waals surface area contributed by atoms with Gasteiger partial charge in [0.1, 0.15) is 0 Å². The largest absolute Gasteiger partial charge is 0.466 e. The first-order valence-corrected chi connectivity index (χ1v) is 8.99. The highest BCUT2D eigenvalue weighted by molar-refractivity contribution is 5.69. The predicted octanol–water partition coefficient (Wildman–Crippen LogP) is 5.30. The summed E-state index contributed by atoms with van der Waals surface area (Å²) in [5.41, 5.74) is 2.46. The van der Waals surface area contributed by atoms with Gasteiger partial charge in [0.25, 0.3) is 0 Å². The van der Waals surface area contributed by atoms with E-state index in [0.29, 0.717) is 25.6 Å². The van der Waals surface area contributed by atoms with Crippen molar-refractivity contribution in [1.29, 1.82) is 0 Å². The van der Waals surface area contributed by atoms with Gasteiger partial charge >= 0.3 is 5.97 Å². The zero-order valence-corrected chi connectivity index (χ0v) is 15.6. The van der Waals surface area contributed by atoms with Crippen molar-refractivity contribution in [2.45, 2.75) is 66.1 Å². The number of carbonyl (C=O) groups is 1. The molecule has 3 heteroatoms. The molecule has 0 aliphatic carbocycles. The number of esters is 1. The van der Waals surface area contributed by atoms with E-state index in [1.807, 2.05) is 25.1 Å². The summed E-state index contributed by atoms with van der Waals surface area (Å²) in [4.78, 5) is 11.4. The molecule has 134 valence electrons. The van der Waals surface area contributed by atoms with Gasteiger partial charge in [-0.2, -0.15) is 0 Å². The Balaban J connectivity index is 2.34. The number of ether oxygens (including phenoxy) is 2. The third-order valence-electron chi connectivity index (χ3n) is 4.02. The summed E-state index contributed by atoms with van der Waals surface area (Å²) in [6, 6.07) is 10.3. The summed E-state index contributed by atoms with van der Waals surface area (Å²) in [5, 5.41) is 0. The highest BCUT2D eigenvalue weighted by atomic mass is 16.5. The Bertz CT molecular complexity index is 491. The van der Waals surface area contributed by atoms with E-state index < -0.39 is 0 Å². The van der Waals surface area contributed by atoms with Crippen LogP contribution in [-0.4, -0.2) is 18.7 Å². The molecule has 0 spiro atoms. The van der Waals surface area contributed by atoms with E-state index in [0.717, 1.165) is 19.3 Å². The number of benzene rings is 1. The maximum absolute atomic E-state index is 11.4. The van der Waals surface area contributed by atoms with Gasteiger partial charge in [-0.05, 0) is 44.6 Å². The minimum atomic E-state index is -0.114. The van der Waals surface area contributed by atoms with Gasteiger partial charge in [-0.15, -0.1) is 0 Å². The summed E-state index contributed by atoms with van der Waals surface area (Å²) in [6.07, 6.45) is 5.69. The van der Waals surface area contributed by atoms with Crippen LogP contribution in [0.1, 0.15) is 58.9 Å². The van der Waals surface area contributed by atoms with Gasteiger partial charge in [0.05, 0.1) is 19.3 Å². The smallest absolute Gasteiger partial charge is 0.306 e. The molecule has 0 saturated heterocycles. The third-order valence-corrected chi connectivity index (χ3v) is 4.02. The Morgan fingerprint density at radius 2 is 1.88 bits per heavy atom. The Labute approximate surface area is 147 Å². The molecule has 0 amide bonds. The molecule has 0 bridgehead atoms. The van der Waals surface area contributed by atoms with Gasteiger partial charge in [-0.3, -0.25) is 4.79 Å².